The molecular formula is C29H32N6O4. The summed E-state index contributed by atoms with van der Waals surface area (Å²) in [7, 11) is 1.58. The number of carbonyl (C=O) groups excluding carboxylic acids is 3. The van der Waals surface area contributed by atoms with E-state index in [4.69, 9.17) is 10.1 Å². The number of likely N-dealkylation sites (N-methyl/N-ethyl adjacent to an activating group) is 1. The van der Waals surface area contributed by atoms with Crippen LogP contribution in [0.25, 0.3) is 0 Å². The number of amidine groups is 1. The molecule has 5 rings (SSSR count). The number of methoxy groups -OCH3 is 1. The van der Waals surface area contributed by atoms with Gasteiger partial charge in [0.25, 0.3) is 11.8 Å². The van der Waals surface area contributed by atoms with Crippen LogP contribution in [0.5, 0.6) is 5.75 Å². The Kier molecular flexibility index (Phi) is 7.26. The van der Waals surface area contributed by atoms with Crippen molar-refractivity contribution >= 4 is 23.7 Å². The maximum atomic E-state index is 13.2. The molecule has 3 N–H and O–H groups in total. The van der Waals surface area contributed by atoms with Gasteiger partial charge in [0.05, 0.1) is 13.7 Å². The van der Waals surface area contributed by atoms with Crippen LogP contribution in [-0.4, -0.2) is 96.8 Å². The molecule has 3 heterocycles. The predicted octanol–water partition coefficient (Wildman–Crippen LogP) is 1.29. The van der Waals surface area contributed by atoms with Crippen LogP contribution in [0.2, 0.25) is 0 Å². The molecule has 3 aliphatic rings. The van der Waals surface area contributed by atoms with Gasteiger partial charge in [-0.2, -0.15) is 0 Å². The molecule has 2 aromatic carbocycles. The van der Waals surface area contributed by atoms with Crippen molar-refractivity contribution in [2.45, 2.75) is 18.9 Å². The summed E-state index contributed by atoms with van der Waals surface area (Å²) in [6.45, 7) is 6.99. The number of benzene rings is 2. The van der Waals surface area contributed by atoms with E-state index >= 15 is 0 Å². The van der Waals surface area contributed by atoms with Gasteiger partial charge in [-0.3, -0.25) is 20.3 Å². The first kappa shape index (κ1) is 26.3. The summed E-state index contributed by atoms with van der Waals surface area (Å²) >= 11 is 0. The Labute approximate surface area is 227 Å². The summed E-state index contributed by atoms with van der Waals surface area (Å²) in [5, 5.41) is 13.5. The normalized spacial score (nSPS) is 21.0. The molecular weight excluding hydrogens is 496 g/mol. The zero-order chi connectivity index (χ0) is 27.6. The largest absolute Gasteiger partial charge is 0.497 e. The standard InChI is InChI=1S/C29H32N6O4/c1-3-33-14-16-34(17-15-33)25(30)21-6-4-20(5-7-21)10-12-29(27(37)31-28(38)32-29)19-35-13-11-22-18-23(39-2)8-9-24(22)26(35)36/h4-9,18,30H,3,11,13-17,19H2,1-2H3,(H2,31,32,37,38). The van der Waals surface area contributed by atoms with Crippen LogP contribution in [0.1, 0.15) is 34.0 Å². The van der Waals surface area contributed by atoms with Crippen molar-refractivity contribution in [2.24, 2.45) is 0 Å². The molecule has 39 heavy (non-hydrogen) atoms. The molecule has 0 radical (unpaired) electrons. The minimum absolute atomic E-state index is 0.0751. The number of urea groups is 1. The molecule has 0 saturated carbocycles. The third-order valence-corrected chi connectivity index (χ3v) is 7.57. The molecule has 10 nitrogen and oxygen atoms in total. The quantitative estimate of drug-likeness (QED) is 0.233. The van der Waals surface area contributed by atoms with E-state index in [-0.39, 0.29) is 12.5 Å². The van der Waals surface area contributed by atoms with Gasteiger partial charge in [-0.25, -0.2) is 4.79 Å². The average Bonchev–Trinajstić information content (AvgIpc) is 3.25. The molecule has 10 heteroatoms. The molecule has 1 unspecified atom stereocenters. The van der Waals surface area contributed by atoms with Crippen molar-refractivity contribution in [3.8, 4) is 17.6 Å². The highest BCUT2D eigenvalue weighted by Gasteiger charge is 2.47. The Balaban J connectivity index is 1.32. The van der Waals surface area contributed by atoms with E-state index in [9.17, 15) is 14.4 Å². The summed E-state index contributed by atoms with van der Waals surface area (Å²) in [5.74, 6) is 6.30. The van der Waals surface area contributed by atoms with Crippen LogP contribution in [0.4, 0.5) is 4.79 Å². The lowest BCUT2D eigenvalue weighted by molar-refractivity contribution is -0.122. The zero-order valence-electron chi connectivity index (χ0n) is 22.2. The van der Waals surface area contributed by atoms with E-state index in [0.717, 1.165) is 43.9 Å². The molecule has 0 aromatic heterocycles. The van der Waals surface area contributed by atoms with Gasteiger partial charge in [0.15, 0.2) is 0 Å². The van der Waals surface area contributed by atoms with E-state index in [1.165, 1.54) is 0 Å². The summed E-state index contributed by atoms with van der Waals surface area (Å²) < 4.78 is 5.27. The van der Waals surface area contributed by atoms with Gasteiger partial charge in [-0.15, -0.1) is 0 Å². The topological polar surface area (TPSA) is 118 Å². The van der Waals surface area contributed by atoms with Crippen LogP contribution in [-0.2, 0) is 11.2 Å². The fraction of sp³-hybridized carbons (Fsp3) is 0.379. The first-order chi connectivity index (χ1) is 18.8. The molecule has 2 aromatic rings. The fourth-order valence-electron chi connectivity index (χ4n) is 5.17. The predicted molar refractivity (Wildman–Crippen MR) is 146 cm³/mol. The van der Waals surface area contributed by atoms with Gasteiger partial charge < -0.3 is 24.8 Å². The third kappa shape index (κ3) is 5.31. The maximum absolute atomic E-state index is 13.2. The van der Waals surface area contributed by atoms with E-state index < -0.39 is 17.5 Å². The Morgan fingerprint density at radius 2 is 1.79 bits per heavy atom. The molecule has 202 valence electrons. The monoisotopic (exact) mass is 528 g/mol. The highest BCUT2D eigenvalue weighted by atomic mass is 16.5. The lowest BCUT2D eigenvalue weighted by atomic mass is 9.94. The van der Waals surface area contributed by atoms with Crippen LogP contribution < -0.4 is 15.4 Å². The number of hydrogen-bond acceptors (Lipinski definition) is 6. The van der Waals surface area contributed by atoms with Crippen molar-refractivity contribution in [3.63, 3.8) is 0 Å². The summed E-state index contributed by atoms with van der Waals surface area (Å²) in [4.78, 5) is 44.3. The lowest BCUT2D eigenvalue weighted by Gasteiger charge is -2.35. The van der Waals surface area contributed by atoms with Gasteiger partial charge >= 0.3 is 6.03 Å². The van der Waals surface area contributed by atoms with Crippen LogP contribution >= 0.6 is 0 Å². The number of imide groups is 1. The fourth-order valence-corrected chi connectivity index (χ4v) is 5.17. The SMILES string of the molecule is CCN1CCN(C(=N)c2ccc(C#CC3(CN4CCc5cc(OC)ccc5C4=O)NC(=O)NC3=O)cc2)CC1. The second kappa shape index (κ2) is 10.8. The number of hydrogen-bond donors (Lipinski definition) is 3. The number of piperazine rings is 1. The highest BCUT2D eigenvalue weighted by Crippen LogP contribution is 2.25. The van der Waals surface area contributed by atoms with Crippen LogP contribution in [0.15, 0.2) is 42.5 Å². The van der Waals surface area contributed by atoms with Crippen LogP contribution in [0, 0.1) is 17.3 Å². The minimum atomic E-state index is -1.57. The first-order valence-electron chi connectivity index (χ1n) is 13.1. The van der Waals surface area contributed by atoms with Crippen molar-refractivity contribution in [3.05, 3.63) is 64.7 Å². The number of nitrogens with zero attached hydrogens (tertiary/aromatic N) is 3. The van der Waals surface area contributed by atoms with Crippen molar-refractivity contribution in [2.75, 3.05) is 52.9 Å². The van der Waals surface area contributed by atoms with Crippen molar-refractivity contribution in [1.29, 1.82) is 5.41 Å². The zero-order valence-corrected chi connectivity index (χ0v) is 22.2. The Hall–Kier alpha value is -4.36. The lowest BCUT2D eigenvalue weighted by Crippen LogP contribution is -2.56. The molecule has 0 bridgehead atoms. The van der Waals surface area contributed by atoms with Gasteiger partial charge in [0.1, 0.15) is 11.6 Å². The Bertz CT molecular complexity index is 1370. The maximum Gasteiger partial charge on any atom is 0.323 e. The molecule has 2 fully saturated rings. The molecule has 1 atom stereocenters. The summed E-state index contributed by atoms with van der Waals surface area (Å²) in [6, 6.07) is 11.9. The van der Waals surface area contributed by atoms with Gasteiger partial charge in [0.2, 0.25) is 5.54 Å². The number of carbonyl (C=O) groups is 3. The Morgan fingerprint density at radius 3 is 2.44 bits per heavy atom. The van der Waals surface area contributed by atoms with Gasteiger partial charge in [-0.1, -0.05) is 30.9 Å². The van der Waals surface area contributed by atoms with E-state index in [1.54, 1.807) is 36.3 Å². The van der Waals surface area contributed by atoms with Gasteiger partial charge in [-0.05, 0) is 48.9 Å². The molecule has 3 aliphatic heterocycles. The number of ether oxygens (including phenoxy) is 1. The molecule has 0 aliphatic carbocycles. The van der Waals surface area contributed by atoms with E-state index in [0.29, 0.717) is 35.7 Å². The minimum Gasteiger partial charge on any atom is -0.497 e. The van der Waals surface area contributed by atoms with Crippen LogP contribution in [0.3, 0.4) is 0 Å². The number of amides is 4. The van der Waals surface area contributed by atoms with Gasteiger partial charge in [0, 0.05) is 49.4 Å². The summed E-state index contributed by atoms with van der Waals surface area (Å²) in [5.41, 5.74) is 1.29. The molecule has 2 saturated heterocycles. The molecule has 4 amide bonds. The second-order valence-corrected chi connectivity index (χ2v) is 9.91. The van der Waals surface area contributed by atoms with Crippen molar-refractivity contribution < 1.29 is 19.1 Å². The smallest absolute Gasteiger partial charge is 0.323 e. The van der Waals surface area contributed by atoms with Crippen molar-refractivity contribution in [1.82, 2.24) is 25.3 Å². The van der Waals surface area contributed by atoms with E-state index in [1.807, 2.05) is 18.2 Å². The first-order valence-corrected chi connectivity index (χ1v) is 13.1. The average molecular weight is 529 g/mol. The number of nitrogens with one attached hydrogen (secondary N) is 3. The second-order valence-electron chi connectivity index (χ2n) is 9.91. The number of rotatable bonds is 5. The summed E-state index contributed by atoms with van der Waals surface area (Å²) in [6.07, 6.45) is 0.595. The number of fused-ring (bicyclic) bond motifs is 1. The van der Waals surface area contributed by atoms with E-state index in [2.05, 4.69) is 39.2 Å². The third-order valence-electron chi connectivity index (χ3n) is 7.57. The highest BCUT2D eigenvalue weighted by molar-refractivity contribution is 6.10. The Morgan fingerprint density at radius 1 is 1.05 bits per heavy atom. The molecule has 0 spiro atoms.